The fourth-order valence-corrected chi connectivity index (χ4v) is 1.70. The number of imidazole rings is 1. The Morgan fingerprint density at radius 2 is 2.50 bits per heavy atom. The van der Waals surface area contributed by atoms with Crippen molar-refractivity contribution >= 4 is 0 Å². The third-order valence-corrected chi connectivity index (χ3v) is 2.36. The molecule has 1 aromatic heterocycles. The lowest BCUT2D eigenvalue weighted by atomic mass is 9.96. The smallest absolute Gasteiger partial charge is 0.0946 e. The van der Waals surface area contributed by atoms with Gasteiger partial charge in [0.25, 0.3) is 0 Å². The van der Waals surface area contributed by atoms with Gasteiger partial charge in [-0.15, -0.1) is 0 Å². The van der Waals surface area contributed by atoms with E-state index in [0.29, 0.717) is 0 Å². The molecule has 1 aliphatic carbocycles. The number of rotatable bonds is 2. The van der Waals surface area contributed by atoms with Crippen LogP contribution in [-0.4, -0.2) is 9.55 Å². The largest absolute Gasteiger partial charge is 0.337 e. The maximum Gasteiger partial charge on any atom is 0.0946 e. The average molecular weight is 162 g/mol. The topological polar surface area (TPSA) is 17.8 Å². The fraction of sp³-hybridized carbons (Fsp3) is 0.500. The van der Waals surface area contributed by atoms with Crippen LogP contribution >= 0.6 is 0 Å². The zero-order valence-corrected chi connectivity index (χ0v) is 7.19. The maximum atomic E-state index is 4.03. The lowest BCUT2D eigenvalue weighted by molar-refractivity contribution is 0.466. The first-order valence-electron chi connectivity index (χ1n) is 4.57. The van der Waals surface area contributed by atoms with Gasteiger partial charge in [0.05, 0.1) is 6.33 Å². The van der Waals surface area contributed by atoms with Gasteiger partial charge in [-0.25, -0.2) is 4.98 Å². The van der Waals surface area contributed by atoms with E-state index in [-0.39, 0.29) is 0 Å². The molecule has 12 heavy (non-hydrogen) atoms. The van der Waals surface area contributed by atoms with Crippen molar-refractivity contribution in [3.63, 3.8) is 0 Å². The van der Waals surface area contributed by atoms with Crippen LogP contribution in [0.1, 0.15) is 19.3 Å². The van der Waals surface area contributed by atoms with Crippen LogP contribution in [0, 0.1) is 5.92 Å². The van der Waals surface area contributed by atoms with Gasteiger partial charge >= 0.3 is 0 Å². The Balaban J connectivity index is 1.94. The van der Waals surface area contributed by atoms with Crippen molar-refractivity contribution in [2.75, 3.05) is 0 Å². The van der Waals surface area contributed by atoms with Gasteiger partial charge in [-0.2, -0.15) is 0 Å². The van der Waals surface area contributed by atoms with Gasteiger partial charge < -0.3 is 4.57 Å². The van der Waals surface area contributed by atoms with Crippen LogP contribution in [0.5, 0.6) is 0 Å². The Bertz CT molecular complexity index is 249. The quantitative estimate of drug-likeness (QED) is 0.610. The summed E-state index contributed by atoms with van der Waals surface area (Å²) in [6, 6.07) is 0. The first-order chi connectivity index (χ1) is 5.95. The average Bonchev–Trinajstić information content (AvgIpc) is 2.59. The maximum absolute atomic E-state index is 4.03. The number of allylic oxidation sites excluding steroid dienone is 2. The van der Waals surface area contributed by atoms with Crippen LogP contribution in [-0.2, 0) is 6.54 Å². The van der Waals surface area contributed by atoms with Crippen LogP contribution in [0.2, 0.25) is 0 Å². The molecule has 0 aliphatic heterocycles. The Labute approximate surface area is 72.9 Å². The standard InChI is InChI=1S/C10H14N2/c1-2-4-10(5-3-1)8-12-7-6-11-9-12/h2,4,6-7,9-10H,1,3,5,8H2/t10-/m1/s1. The minimum Gasteiger partial charge on any atom is -0.337 e. The summed E-state index contributed by atoms with van der Waals surface area (Å²) in [4.78, 5) is 4.03. The Hall–Kier alpha value is -1.05. The van der Waals surface area contributed by atoms with E-state index in [2.05, 4.69) is 21.7 Å². The number of aromatic nitrogens is 2. The van der Waals surface area contributed by atoms with Crippen LogP contribution in [0.4, 0.5) is 0 Å². The molecule has 64 valence electrons. The van der Waals surface area contributed by atoms with E-state index in [1.807, 2.05) is 18.7 Å². The summed E-state index contributed by atoms with van der Waals surface area (Å²) in [5.74, 6) is 0.730. The molecule has 0 aromatic carbocycles. The second kappa shape index (κ2) is 3.57. The zero-order valence-electron chi connectivity index (χ0n) is 7.19. The van der Waals surface area contributed by atoms with Crippen molar-refractivity contribution in [2.45, 2.75) is 25.8 Å². The van der Waals surface area contributed by atoms with E-state index in [1.165, 1.54) is 19.3 Å². The summed E-state index contributed by atoms with van der Waals surface area (Å²) in [5, 5.41) is 0. The third kappa shape index (κ3) is 1.76. The predicted octanol–water partition coefficient (Wildman–Crippen LogP) is 2.24. The molecule has 0 fully saturated rings. The second-order valence-corrected chi connectivity index (χ2v) is 3.38. The van der Waals surface area contributed by atoms with Gasteiger partial charge in [-0.3, -0.25) is 0 Å². The van der Waals surface area contributed by atoms with Crippen molar-refractivity contribution in [1.29, 1.82) is 0 Å². The minimum absolute atomic E-state index is 0.730. The molecule has 1 heterocycles. The molecule has 2 heteroatoms. The molecule has 1 aromatic rings. The lowest BCUT2D eigenvalue weighted by Crippen LogP contribution is -2.09. The molecule has 0 saturated carbocycles. The van der Waals surface area contributed by atoms with E-state index in [4.69, 9.17) is 0 Å². The molecule has 0 unspecified atom stereocenters. The molecule has 1 atom stereocenters. The SMILES string of the molecule is C1=C[C@@H](Cn2ccnc2)CCC1. The summed E-state index contributed by atoms with van der Waals surface area (Å²) in [7, 11) is 0. The van der Waals surface area contributed by atoms with Crippen molar-refractivity contribution in [3.8, 4) is 0 Å². The number of hydrogen-bond acceptors (Lipinski definition) is 1. The molecule has 1 aliphatic rings. The molecule has 0 radical (unpaired) electrons. The highest BCUT2D eigenvalue weighted by Gasteiger charge is 2.07. The Kier molecular flexibility index (Phi) is 2.26. The summed E-state index contributed by atoms with van der Waals surface area (Å²) in [6.45, 7) is 1.09. The molecule has 2 nitrogen and oxygen atoms in total. The second-order valence-electron chi connectivity index (χ2n) is 3.38. The van der Waals surface area contributed by atoms with Crippen LogP contribution in [0.15, 0.2) is 30.9 Å². The number of nitrogens with zero attached hydrogens (tertiary/aromatic N) is 2. The van der Waals surface area contributed by atoms with Gasteiger partial charge in [0.1, 0.15) is 0 Å². The van der Waals surface area contributed by atoms with Crippen molar-refractivity contribution in [1.82, 2.24) is 9.55 Å². The molecular weight excluding hydrogens is 148 g/mol. The van der Waals surface area contributed by atoms with E-state index in [1.54, 1.807) is 0 Å². The van der Waals surface area contributed by atoms with Gasteiger partial charge in [0.2, 0.25) is 0 Å². The fourth-order valence-electron chi connectivity index (χ4n) is 1.70. The summed E-state index contributed by atoms with van der Waals surface area (Å²) < 4.78 is 2.15. The summed E-state index contributed by atoms with van der Waals surface area (Å²) in [5.41, 5.74) is 0. The molecule has 2 rings (SSSR count). The molecule has 0 bridgehead atoms. The Morgan fingerprint density at radius 1 is 1.50 bits per heavy atom. The first-order valence-corrected chi connectivity index (χ1v) is 4.57. The zero-order chi connectivity index (χ0) is 8.23. The molecular formula is C10H14N2. The van der Waals surface area contributed by atoms with Gasteiger partial charge in [0, 0.05) is 18.9 Å². The van der Waals surface area contributed by atoms with E-state index in [0.717, 1.165) is 12.5 Å². The van der Waals surface area contributed by atoms with Gasteiger partial charge in [-0.05, 0) is 25.2 Å². The van der Waals surface area contributed by atoms with Gasteiger partial charge in [0.15, 0.2) is 0 Å². The minimum atomic E-state index is 0.730. The van der Waals surface area contributed by atoms with Crippen LogP contribution in [0.3, 0.4) is 0 Å². The Morgan fingerprint density at radius 3 is 3.17 bits per heavy atom. The summed E-state index contributed by atoms with van der Waals surface area (Å²) >= 11 is 0. The van der Waals surface area contributed by atoms with E-state index in [9.17, 15) is 0 Å². The van der Waals surface area contributed by atoms with E-state index < -0.39 is 0 Å². The summed E-state index contributed by atoms with van der Waals surface area (Å²) in [6.07, 6.45) is 14.3. The van der Waals surface area contributed by atoms with Crippen LogP contribution < -0.4 is 0 Å². The van der Waals surface area contributed by atoms with Crippen molar-refractivity contribution in [2.24, 2.45) is 5.92 Å². The lowest BCUT2D eigenvalue weighted by Gasteiger charge is -2.16. The molecule has 0 amide bonds. The molecule has 0 N–H and O–H groups in total. The third-order valence-electron chi connectivity index (χ3n) is 2.36. The van der Waals surface area contributed by atoms with E-state index >= 15 is 0 Å². The first kappa shape index (κ1) is 7.59. The van der Waals surface area contributed by atoms with Gasteiger partial charge in [-0.1, -0.05) is 12.2 Å². The monoisotopic (exact) mass is 162 g/mol. The van der Waals surface area contributed by atoms with Crippen LogP contribution in [0.25, 0.3) is 0 Å². The highest BCUT2D eigenvalue weighted by atomic mass is 15.0. The molecule has 0 spiro atoms. The normalized spacial score (nSPS) is 22.8. The van der Waals surface area contributed by atoms with Crippen molar-refractivity contribution < 1.29 is 0 Å². The molecule has 0 saturated heterocycles. The highest BCUT2D eigenvalue weighted by molar-refractivity contribution is 4.93. The number of hydrogen-bond donors (Lipinski definition) is 0. The predicted molar refractivity (Wildman–Crippen MR) is 48.7 cm³/mol. The highest BCUT2D eigenvalue weighted by Crippen LogP contribution is 2.18. The van der Waals surface area contributed by atoms with Crippen molar-refractivity contribution in [3.05, 3.63) is 30.9 Å².